The summed E-state index contributed by atoms with van der Waals surface area (Å²) in [6.45, 7) is 0. The molecule has 0 N–H and O–H groups in total. The highest BCUT2D eigenvalue weighted by Crippen LogP contribution is 2.40. The van der Waals surface area contributed by atoms with Gasteiger partial charge >= 0.3 is 0 Å². The first kappa shape index (κ1) is 12.7. The fraction of sp³-hybridized carbons (Fsp3) is 0.500. The van der Waals surface area contributed by atoms with Crippen LogP contribution in [0.2, 0.25) is 0 Å². The zero-order valence-electron chi connectivity index (χ0n) is 10.0. The van der Waals surface area contributed by atoms with Gasteiger partial charge in [0.15, 0.2) is 0 Å². The van der Waals surface area contributed by atoms with Crippen molar-refractivity contribution >= 4 is 43.3 Å². The maximum Gasteiger partial charge on any atom is 0.137 e. The van der Waals surface area contributed by atoms with Gasteiger partial charge in [-0.25, -0.2) is 0 Å². The van der Waals surface area contributed by atoms with Gasteiger partial charge in [-0.05, 0) is 53.4 Å². The van der Waals surface area contributed by atoms with Gasteiger partial charge in [0.25, 0.3) is 0 Å². The summed E-state index contributed by atoms with van der Waals surface area (Å²) in [7, 11) is 0. The molecule has 2 bridgehead atoms. The highest BCUT2D eigenvalue weighted by atomic mass is 79.9. The van der Waals surface area contributed by atoms with Crippen molar-refractivity contribution < 1.29 is 4.79 Å². The highest BCUT2D eigenvalue weighted by molar-refractivity contribution is 9.11. The molecule has 3 rings (SSSR count). The minimum absolute atomic E-state index is 0.405. The Morgan fingerprint density at radius 1 is 1.11 bits per heavy atom. The first-order valence-corrected chi connectivity index (χ1v) is 7.99. The Bertz CT molecular complexity index is 473. The number of carbonyl (C=O) groups is 1. The van der Waals surface area contributed by atoms with E-state index in [4.69, 9.17) is 0 Å². The number of carbonyl (C=O) groups excluding carboxylic acids is 1. The predicted molar refractivity (Wildman–Crippen MR) is 80.0 cm³/mol. The smallest absolute Gasteiger partial charge is 0.137 e. The quantitative estimate of drug-likeness (QED) is 0.732. The van der Waals surface area contributed by atoms with Crippen molar-refractivity contribution in [2.75, 3.05) is 4.90 Å². The summed E-state index contributed by atoms with van der Waals surface area (Å²) in [6, 6.07) is 7.12. The molecule has 4 heteroatoms. The van der Waals surface area contributed by atoms with E-state index < -0.39 is 0 Å². The number of fused-ring (bicyclic) bond motifs is 2. The summed E-state index contributed by atoms with van der Waals surface area (Å²) < 4.78 is 2.19. The molecule has 18 heavy (non-hydrogen) atoms. The Morgan fingerprint density at radius 2 is 1.78 bits per heavy atom. The molecular formula is C14H15Br2NO. The summed E-state index contributed by atoms with van der Waals surface area (Å²) >= 11 is 7.14. The molecule has 0 aromatic heterocycles. The average molecular weight is 373 g/mol. The summed E-state index contributed by atoms with van der Waals surface area (Å²) in [6.07, 6.45) is 4.99. The molecule has 2 unspecified atom stereocenters. The lowest BCUT2D eigenvalue weighted by molar-refractivity contribution is -0.121. The molecule has 2 nitrogen and oxygen atoms in total. The van der Waals surface area contributed by atoms with Crippen LogP contribution in [-0.2, 0) is 4.79 Å². The van der Waals surface area contributed by atoms with Crippen LogP contribution in [-0.4, -0.2) is 17.9 Å². The summed E-state index contributed by atoms with van der Waals surface area (Å²) in [5, 5.41) is 0. The minimum atomic E-state index is 0.405. The molecule has 2 saturated heterocycles. The van der Waals surface area contributed by atoms with Crippen LogP contribution in [0.25, 0.3) is 0 Å². The molecule has 0 saturated carbocycles. The van der Waals surface area contributed by atoms with Crippen LogP contribution in [0.1, 0.15) is 32.1 Å². The summed E-state index contributed by atoms with van der Waals surface area (Å²) in [5.74, 6) is 0.439. The number of nitrogens with zero attached hydrogens (tertiary/aromatic N) is 1. The average Bonchev–Trinajstić information content (AvgIpc) is 2.28. The van der Waals surface area contributed by atoms with Gasteiger partial charge in [0.2, 0.25) is 0 Å². The Labute approximate surface area is 124 Å². The lowest BCUT2D eigenvalue weighted by Gasteiger charge is -2.47. The van der Waals surface area contributed by atoms with Crippen LogP contribution in [0.4, 0.5) is 5.69 Å². The van der Waals surface area contributed by atoms with Crippen LogP contribution in [0.15, 0.2) is 27.1 Å². The molecule has 2 heterocycles. The Hall–Kier alpha value is -0.350. The van der Waals surface area contributed by atoms with E-state index in [1.165, 1.54) is 12.1 Å². The minimum Gasteiger partial charge on any atom is -0.364 e. The van der Waals surface area contributed by atoms with E-state index in [0.29, 0.717) is 17.9 Å². The molecule has 2 aliphatic heterocycles. The van der Waals surface area contributed by atoms with Gasteiger partial charge < -0.3 is 4.90 Å². The topological polar surface area (TPSA) is 20.3 Å². The van der Waals surface area contributed by atoms with E-state index in [1.54, 1.807) is 0 Å². The highest BCUT2D eigenvalue weighted by Gasteiger charge is 2.38. The molecular weight excluding hydrogens is 358 g/mol. The van der Waals surface area contributed by atoms with Crippen LogP contribution < -0.4 is 4.90 Å². The van der Waals surface area contributed by atoms with Gasteiger partial charge in [-0.1, -0.05) is 15.9 Å². The van der Waals surface area contributed by atoms with Gasteiger partial charge in [-0.2, -0.15) is 0 Å². The SMILES string of the molecule is O=C1CC2CCCC(C1)N2c1ccc(Br)cc1Br. The van der Waals surface area contributed by atoms with Gasteiger partial charge in [-0.15, -0.1) is 0 Å². The lowest BCUT2D eigenvalue weighted by atomic mass is 9.83. The third-order valence-corrected chi connectivity index (χ3v) is 5.10. The van der Waals surface area contributed by atoms with Gasteiger partial charge in [0.1, 0.15) is 5.78 Å². The molecule has 0 amide bonds. The molecule has 2 atom stereocenters. The van der Waals surface area contributed by atoms with E-state index in [2.05, 4.69) is 55.0 Å². The molecule has 2 fully saturated rings. The van der Waals surface area contributed by atoms with Crippen LogP contribution in [0.5, 0.6) is 0 Å². The first-order chi connectivity index (χ1) is 8.65. The van der Waals surface area contributed by atoms with E-state index in [9.17, 15) is 4.79 Å². The van der Waals surface area contributed by atoms with Crippen molar-refractivity contribution in [1.82, 2.24) is 0 Å². The molecule has 1 aromatic rings. The number of halogens is 2. The zero-order valence-corrected chi connectivity index (χ0v) is 13.2. The Morgan fingerprint density at radius 3 is 2.39 bits per heavy atom. The molecule has 0 spiro atoms. The standard InChI is InChI=1S/C14H15Br2NO/c15-9-4-5-14(13(16)6-9)17-10-2-1-3-11(17)8-12(18)7-10/h4-6,10-11H,1-3,7-8H2. The number of anilines is 1. The van der Waals surface area contributed by atoms with E-state index in [1.807, 2.05) is 0 Å². The van der Waals surface area contributed by atoms with Crippen molar-refractivity contribution in [1.29, 1.82) is 0 Å². The number of hydrogen-bond acceptors (Lipinski definition) is 2. The van der Waals surface area contributed by atoms with Crippen molar-refractivity contribution in [3.05, 3.63) is 27.1 Å². The van der Waals surface area contributed by atoms with Crippen LogP contribution in [0, 0.1) is 0 Å². The zero-order chi connectivity index (χ0) is 12.7. The first-order valence-electron chi connectivity index (χ1n) is 6.40. The predicted octanol–water partition coefficient (Wildman–Crippen LogP) is 4.30. The normalized spacial score (nSPS) is 27.4. The number of piperidine rings is 2. The van der Waals surface area contributed by atoms with Gasteiger partial charge in [0, 0.05) is 33.9 Å². The maximum atomic E-state index is 11.7. The second kappa shape index (κ2) is 4.97. The fourth-order valence-electron chi connectivity index (χ4n) is 3.26. The van der Waals surface area contributed by atoms with Gasteiger partial charge in [0.05, 0.1) is 5.69 Å². The number of benzene rings is 1. The van der Waals surface area contributed by atoms with Crippen LogP contribution >= 0.6 is 31.9 Å². The third kappa shape index (κ3) is 2.25. The van der Waals surface area contributed by atoms with Gasteiger partial charge in [-0.3, -0.25) is 4.79 Å². The van der Waals surface area contributed by atoms with E-state index in [-0.39, 0.29) is 0 Å². The molecule has 2 aliphatic rings. The second-order valence-electron chi connectivity index (χ2n) is 5.19. The Balaban J connectivity index is 1.97. The lowest BCUT2D eigenvalue weighted by Crippen LogP contribution is -2.52. The second-order valence-corrected chi connectivity index (χ2v) is 6.96. The van der Waals surface area contributed by atoms with Crippen molar-refractivity contribution in [2.24, 2.45) is 0 Å². The summed E-state index contributed by atoms with van der Waals surface area (Å²) in [5.41, 5.74) is 1.24. The molecule has 0 radical (unpaired) electrons. The molecule has 0 aliphatic carbocycles. The maximum absolute atomic E-state index is 11.7. The Kier molecular flexibility index (Phi) is 3.50. The largest absolute Gasteiger partial charge is 0.364 e. The van der Waals surface area contributed by atoms with E-state index >= 15 is 0 Å². The monoisotopic (exact) mass is 371 g/mol. The van der Waals surface area contributed by atoms with Crippen molar-refractivity contribution in [2.45, 2.75) is 44.2 Å². The number of ketones is 1. The number of Topliss-reactive ketones (excluding diaryl/α,β-unsaturated/α-hetero) is 1. The van der Waals surface area contributed by atoms with Crippen molar-refractivity contribution in [3.63, 3.8) is 0 Å². The molecule has 1 aromatic carbocycles. The third-order valence-electron chi connectivity index (χ3n) is 3.98. The van der Waals surface area contributed by atoms with Crippen LogP contribution in [0.3, 0.4) is 0 Å². The summed E-state index contributed by atoms with van der Waals surface area (Å²) in [4.78, 5) is 14.2. The number of rotatable bonds is 1. The van der Waals surface area contributed by atoms with E-state index in [0.717, 1.165) is 34.6 Å². The number of hydrogen-bond donors (Lipinski definition) is 0. The fourth-order valence-corrected chi connectivity index (χ4v) is 4.51. The van der Waals surface area contributed by atoms with Crippen molar-refractivity contribution in [3.8, 4) is 0 Å². The molecule has 96 valence electrons.